The van der Waals surface area contributed by atoms with Gasteiger partial charge in [0.2, 0.25) is 0 Å². The molecule has 1 fully saturated rings. The molecule has 0 aliphatic carbocycles. The minimum absolute atomic E-state index is 0.0128. The van der Waals surface area contributed by atoms with Crippen molar-refractivity contribution in [3.05, 3.63) is 58.1 Å². The van der Waals surface area contributed by atoms with Crippen LogP contribution in [-0.4, -0.2) is 60.8 Å². The van der Waals surface area contributed by atoms with Crippen LogP contribution in [0.15, 0.2) is 36.4 Å². The van der Waals surface area contributed by atoms with Gasteiger partial charge in [0.05, 0.1) is 18.8 Å². The number of ether oxygens (including phenoxy) is 3. The molecule has 1 saturated heterocycles. The second-order valence-electron chi connectivity index (χ2n) is 8.76. The van der Waals surface area contributed by atoms with Gasteiger partial charge in [-0.15, -0.1) is 0 Å². The molecule has 0 radical (unpaired) electrons. The van der Waals surface area contributed by atoms with Crippen molar-refractivity contribution in [1.29, 1.82) is 0 Å². The largest absolute Gasteiger partial charge is 0.491 e. The van der Waals surface area contributed by atoms with E-state index in [9.17, 15) is 4.79 Å². The van der Waals surface area contributed by atoms with Crippen LogP contribution in [0.4, 0.5) is 0 Å². The predicted octanol–water partition coefficient (Wildman–Crippen LogP) is 4.06. The van der Waals surface area contributed by atoms with Crippen LogP contribution in [0.5, 0.6) is 11.5 Å². The van der Waals surface area contributed by atoms with Gasteiger partial charge in [-0.2, -0.15) is 0 Å². The molecule has 0 spiro atoms. The number of hydrogen-bond acceptors (Lipinski definition) is 5. The van der Waals surface area contributed by atoms with Gasteiger partial charge in [0.15, 0.2) is 6.61 Å². The summed E-state index contributed by atoms with van der Waals surface area (Å²) in [4.78, 5) is 17.1. The highest BCUT2D eigenvalue weighted by Gasteiger charge is 2.24. The molecular weight excluding hydrogens is 428 g/mol. The molecule has 0 unspecified atom stereocenters. The molecule has 0 N–H and O–H groups in total. The zero-order chi connectivity index (χ0) is 22.7. The Morgan fingerprint density at radius 1 is 1.16 bits per heavy atom. The average Bonchev–Trinajstić information content (AvgIpc) is 2.94. The molecule has 2 aliphatic heterocycles. The fourth-order valence-corrected chi connectivity index (χ4v) is 4.66. The van der Waals surface area contributed by atoms with Crippen LogP contribution >= 0.6 is 11.6 Å². The van der Waals surface area contributed by atoms with E-state index < -0.39 is 0 Å². The summed E-state index contributed by atoms with van der Waals surface area (Å²) in [5.41, 5.74) is 3.16. The number of halogens is 1. The summed E-state index contributed by atoms with van der Waals surface area (Å²) < 4.78 is 17.5. The first-order chi connectivity index (χ1) is 15.4. The van der Waals surface area contributed by atoms with Gasteiger partial charge in [-0.05, 0) is 62.2 Å². The van der Waals surface area contributed by atoms with Crippen molar-refractivity contribution in [2.75, 3.05) is 32.8 Å². The molecule has 2 atom stereocenters. The molecule has 4 rings (SSSR count). The maximum Gasteiger partial charge on any atom is 0.260 e. The highest BCUT2D eigenvalue weighted by atomic mass is 35.5. The Morgan fingerprint density at radius 3 is 2.69 bits per heavy atom. The number of nitrogens with zero attached hydrogens (tertiary/aromatic N) is 2. The van der Waals surface area contributed by atoms with E-state index in [0.29, 0.717) is 30.5 Å². The van der Waals surface area contributed by atoms with E-state index in [1.165, 1.54) is 5.56 Å². The Bertz CT molecular complexity index is 957. The number of morpholine rings is 1. The molecule has 2 aromatic carbocycles. The molecule has 2 heterocycles. The van der Waals surface area contributed by atoms with Crippen LogP contribution in [0.1, 0.15) is 30.5 Å². The van der Waals surface area contributed by atoms with E-state index in [-0.39, 0.29) is 24.7 Å². The van der Waals surface area contributed by atoms with E-state index in [1.54, 1.807) is 17.0 Å². The Morgan fingerprint density at radius 2 is 1.94 bits per heavy atom. The quantitative estimate of drug-likeness (QED) is 0.676. The fourth-order valence-electron chi connectivity index (χ4n) is 4.44. The fraction of sp³-hybridized carbons (Fsp3) is 0.480. The van der Waals surface area contributed by atoms with E-state index in [1.807, 2.05) is 19.1 Å². The number of aryl methyl sites for hydroxylation is 1. The summed E-state index contributed by atoms with van der Waals surface area (Å²) in [6.07, 6.45) is 0.473. The highest BCUT2D eigenvalue weighted by Crippen LogP contribution is 2.26. The molecule has 0 bridgehead atoms. The van der Waals surface area contributed by atoms with Crippen LogP contribution in [0.2, 0.25) is 5.02 Å². The number of hydrogen-bond donors (Lipinski definition) is 0. The zero-order valence-corrected chi connectivity index (χ0v) is 19.7. The monoisotopic (exact) mass is 458 g/mol. The van der Waals surface area contributed by atoms with Gasteiger partial charge in [-0.3, -0.25) is 9.69 Å². The maximum atomic E-state index is 12.9. The van der Waals surface area contributed by atoms with E-state index in [4.69, 9.17) is 25.8 Å². The van der Waals surface area contributed by atoms with E-state index >= 15 is 0 Å². The van der Waals surface area contributed by atoms with Crippen molar-refractivity contribution < 1.29 is 19.0 Å². The number of carbonyl (C=O) groups is 1. The lowest BCUT2D eigenvalue weighted by atomic mass is 10.1. The van der Waals surface area contributed by atoms with Gasteiger partial charge in [0.25, 0.3) is 5.91 Å². The SMILES string of the molecule is Cc1cc(Cl)ccc1OCC(=O)N1CCOc2ccc(CN3C[C@@H](C)O[C@@H](C)C3)cc2C1. The van der Waals surface area contributed by atoms with Crippen LogP contribution in [0.25, 0.3) is 0 Å². The van der Waals surface area contributed by atoms with Crippen molar-refractivity contribution in [3.63, 3.8) is 0 Å². The predicted molar refractivity (Wildman–Crippen MR) is 124 cm³/mol. The molecule has 0 saturated carbocycles. The number of benzene rings is 2. The maximum absolute atomic E-state index is 12.9. The molecule has 1 amide bonds. The Labute approximate surface area is 195 Å². The van der Waals surface area contributed by atoms with Gasteiger partial charge in [0, 0.05) is 36.8 Å². The molecule has 6 nitrogen and oxygen atoms in total. The van der Waals surface area contributed by atoms with E-state index in [0.717, 1.165) is 36.5 Å². The molecular formula is C25H31ClN2O4. The molecule has 2 aromatic rings. The standard InChI is InChI=1S/C25H31ClN2O4/c1-17-10-22(26)5-7-23(17)31-16-25(29)28-8-9-30-24-6-4-20(11-21(24)15-28)14-27-12-18(2)32-19(3)13-27/h4-7,10-11,18-19H,8-9,12-16H2,1-3H3/t18-,19+. The molecule has 0 aromatic heterocycles. The third-order valence-electron chi connectivity index (χ3n) is 5.85. The summed E-state index contributed by atoms with van der Waals surface area (Å²) in [5, 5.41) is 0.652. The zero-order valence-electron chi connectivity index (χ0n) is 19.0. The highest BCUT2D eigenvalue weighted by molar-refractivity contribution is 6.30. The second-order valence-corrected chi connectivity index (χ2v) is 9.19. The number of amides is 1. The van der Waals surface area contributed by atoms with Crippen LogP contribution in [0.3, 0.4) is 0 Å². The van der Waals surface area contributed by atoms with Gasteiger partial charge in [0.1, 0.15) is 18.1 Å². The van der Waals surface area contributed by atoms with Crippen LogP contribution in [0, 0.1) is 6.92 Å². The van der Waals surface area contributed by atoms with Gasteiger partial charge < -0.3 is 19.1 Å². The third kappa shape index (κ3) is 5.74. The first-order valence-corrected chi connectivity index (χ1v) is 11.5. The minimum Gasteiger partial charge on any atom is -0.491 e. The van der Waals surface area contributed by atoms with Gasteiger partial charge >= 0.3 is 0 Å². The number of carbonyl (C=O) groups excluding carboxylic acids is 1. The summed E-state index contributed by atoms with van der Waals surface area (Å²) in [7, 11) is 0. The topological polar surface area (TPSA) is 51.2 Å². The lowest BCUT2D eigenvalue weighted by Gasteiger charge is -2.35. The molecule has 32 heavy (non-hydrogen) atoms. The molecule has 172 valence electrons. The van der Waals surface area contributed by atoms with Gasteiger partial charge in [-0.25, -0.2) is 0 Å². The first-order valence-electron chi connectivity index (χ1n) is 11.2. The van der Waals surface area contributed by atoms with Crippen molar-refractivity contribution in [1.82, 2.24) is 9.80 Å². The summed E-state index contributed by atoms with van der Waals surface area (Å²) in [5.74, 6) is 1.46. The van der Waals surface area contributed by atoms with Crippen molar-refractivity contribution in [3.8, 4) is 11.5 Å². The normalized spacial score (nSPS) is 21.4. The molecule has 2 aliphatic rings. The lowest BCUT2D eigenvalue weighted by Crippen LogP contribution is -2.44. The lowest BCUT2D eigenvalue weighted by molar-refractivity contribution is -0.134. The van der Waals surface area contributed by atoms with E-state index in [2.05, 4.69) is 30.9 Å². The Hall–Kier alpha value is -2.28. The summed E-state index contributed by atoms with van der Waals surface area (Å²) in [6, 6.07) is 11.7. The summed E-state index contributed by atoms with van der Waals surface area (Å²) >= 11 is 6.00. The second kappa shape index (κ2) is 10.1. The van der Waals surface area contributed by atoms with Crippen molar-refractivity contribution in [2.45, 2.75) is 46.1 Å². The first kappa shape index (κ1) is 22.9. The Kier molecular flexibility index (Phi) is 7.23. The van der Waals surface area contributed by atoms with Crippen molar-refractivity contribution >= 4 is 17.5 Å². The van der Waals surface area contributed by atoms with Crippen molar-refractivity contribution in [2.24, 2.45) is 0 Å². The molecule has 7 heteroatoms. The van der Waals surface area contributed by atoms with Gasteiger partial charge in [-0.1, -0.05) is 17.7 Å². The number of fused-ring (bicyclic) bond motifs is 1. The minimum atomic E-state index is -0.0583. The Balaban J connectivity index is 1.40. The third-order valence-corrected chi connectivity index (χ3v) is 6.08. The number of rotatable bonds is 5. The average molecular weight is 459 g/mol. The van der Waals surface area contributed by atoms with Crippen LogP contribution in [-0.2, 0) is 22.6 Å². The van der Waals surface area contributed by atoms with Crippen LogP contribution < -0.4 is 9.47 Å². The summed E-state index contributed by atoms with van der Waals surface area (Å²) in [6.45, 7) is 10.4. The smallest absolute Gasteiger partial charge is 0.260 e.